The summed E-state index contributed by atoms with van der Waals surface area (Å²) in [6, 6.07) is 4.70. The van der Waals surface area contributed by atoms with Gasteiger partial charge in [0.05, 0.1) is 5.52 Å². The molecular weight excluding hydrogens is 432 g/mol. The van der Waals surface area contributed by atoms with Crippen LogP contribution in [0.4, 0.5) is 10.7 Å². The second-order valence-corrected chi connectivity index (χ2v) is 9.71. The molecule has 1 fully saturated rings. The van der Waals surface area contributed by atoms with E-state index in [1.165, 1.54) is 5.56 Å². The van der Waals surface area contributed by atoms with Gasteiger partial charge in [0.15, 0.2) is 0 Å². The molecule has 0 radical (unpaired) electrons. The zero-order valence-electron chi connectivity index (χ0n) is 18.0. The van der Waals surface area contributed by atoms with Crippen molar-refractivity contribution in [3.8, 4) is 0 Å². The van der Waals surface area contributed by atoms with Crippen LogP contribution in [0.3, 0.4) is 0 Å². The van der Waals surface area contributed by atoms with Gasteiger partial charge in [-0.05, 0) is 70.6 Å². The van der Waals surface area contributed by atoms with Crippen LogP contribution in [0.5, 0.6) is 0 Å². The van der Waals surface area contributed by atoms with E-state index in [1.807, 2.05) is 34.0 Å². The minimum Gasteiger partial charge on any atom is -0.444 e. The number of hydrogen-bond acceptors (Lipinski definition) is 5. The average molecular weight is 463 g/mol. The highest BCUT2D eigenvalue weighted by molar-refractivity contribution is 9.10. The molecule has 29 heavy (non-hydrogen) atoms. The predicted molar refractivity (Wildman–Crippen MR) is 120 cm³/mol. The topological polar surface area (TPSA) is 67.4 Å². The van der Waals surface area contributed by atoms with E-state index >= 15 is 0 Å². The molecule has 158 valence electrons. The van der Waals surface area contributed by atoms with Gasteiger partial charge in [-0.2, -0.15) is 0 Å². The molecule has 1 aliphatic rings. The molecule has 0 aliphatic heterocycles. The van der Waals surface area contributed by atoms with Crippen LogP contribution >= 0.6 is 15.9 Å². The van der Waals surface area contributed by atoms with E-state index in [0.29, 0.717) is 12.0 Å². The number of benzene rings is 1. The maximum atomic E-state index is 12.3. The number of aromatic nitrogens is 2. The molecule has 1 aromatic heterocycles. The number of amides is 1. The Hall–Kier alpha value is -1.89. The summed E-state index contributed by atoms with van der Waals surface area (Å²) in [7, 11) is 1.84. The van der Waals surface area contributed by atoms with E-state index in [1.54, 1.807) is 4.90 Å². The molecule has 1 aromatic carbocycles. The standard InChI is InChI=1S/C22H31BrN4O2/c1-6-14-11-16(23)12-15-13-24-20(26-19(14)15)25-17-7-9-18(10-8-17)27(5)21(28)29-22(2,3)4/h11-13,17-18H,6-10H2,1-5H3,(H,24,25,26). The van der Waals surface area contributed by atoms with Gasteiger partial charge in [0.25, 0.3) is 0 Å². The van der Waals surface area contributed by atoms with Gasteiger partial charge in [-0.15, -0.1) is 0 Å². The fourth-order valence-electron chi connectivity index (χ4n) is 3.79. The minimum absolute atomic E-state index is 0.212. The number of halogens is 1. The summed E-state index contributed by atoms with van der Waals surface area (Å²) in [6.07, 6.45) is 6.39. The van der Waals surface area contributed by atoms with Gasteiger partial charge in [0.2, 0.25) is 5.95 Å². The third kappa shape index (κ3) is 5.59. The Bertz CT molecular complexity index is 873. The second kappa shape index (κ2) is 8.86. The van der Waals surface area contributed by atoms with Crippen molar-refractivity contribution >= 4 is 38.9 Å². The third-order valence-corrected chi connectivity index (χ3v) is 5.82. The lowest BCUT2D eigenvalue weighted by Gasteiger charge is -2.35. The van der Waals surface area contributed by atoms with Crippen molar-refractivity contribution in [2.75, 3.05) is 12.4 Å². The maximum absolute atomic E-state index is 12.3. The number of carbonyl (C=O) groups is 1. The molecule has 1 heterocycles. The summed E-state index contributed by atoms with van der Waals surface area (Å²) in [6.45, 7) is 7.82. The first-order valence-corrected chi connectivity index (χ1v) is 11.1. The largest absolute Gasteiger partial charge is 0.444 e. The lowest BCUT2D eigenvalue weighted by atomic mass is 9.90. The summed E-state index contributed by atoms with van der Waals surface area (Å²) in [5.41, 5.74) is 1.75. The summed E-state index contributed by atoms with van der Waals surface area (Å²) in [4.78, 5) is 23.3. The Labute approximate surface area is 181 Å². The molecule has 3 rings (SSSR count). The molecular formula is C22H31BrN4O2. The maximum Gasteiger partial charge on any atom is 0.410 e. The number of nitrogens with zero attached hydrogens (tertiary/aromatic N) is 3. The van der Waals surface area contributed by atoms with E-state index in [-0.39, 0.29) is 12.1 Å². The van der Waals surface area contributed by atoms with E-state index in [9.17, 15) is 4.79 Å². The lowest BCUT2D eigenvalue weighted by molar-refractivity contribution is 0.0185. The first-order valence-electron chi connectivity index (χ1n) is 10.3. The smallest absolute Gasteiger partial charge is 0.410 e. The fourth-order valence-corrected chi connectivity index (χ4v) is 4.31. The highest BCUT2D eigenvalue weighted by Crippen LogP contribution is 2.27. The number of rotatable bonds is 4. The van der Waals surface area contributed by atoms with Gasteiger partial charge >= 0.3 is 6.09 Å². The van der Waals surface area contributed by atoms with E-state index in [2.05, 4.69) is 45.3 Å². The molecule has 1 N–H and O–H groups in total. The highest BCUT2D eigenvalue weighted by atomic mass is 79.9. The SMILES string of the molecule is CCc1cc(Br)cc2cnc(NC3CCC(N(C)C(=O)OC(C)(C)C)CC3)nc12. The zero-order valence-corrected chi connectivity index (χ0v) is 19.5. The summed E-state index contributed by atoms with van der Waals surface area (Å²) in [5, 5.41) is 4.54. The van der Waals surface area contributed by atoms with Crippen molar-refractivity contribution in [2.45, 2.75) is 77.5 Å². The fraction of sp³-hybridized carbons (Fsp3) is 0.591. The predicted octanol–water partition coefficient (Wildman–Crippen LogP) is 5.54. The Kier molecular flexibility index (Phi) is 6.66. The molecule has 1 saturated carbocycles. The Morgan fingerprint density at radius 2 is 1.97 bits per heavy atom. The highest BCUT2D eigenvalue weighted by Gasteiger charge is 2.29. The number of fused-ring (bicyclic) bond motifs is 1. The molecule has 6 nitrogen and oxygen atoms in total. The van der Waals surface area contributed by atoms with Crippen LogP contribution in [0, 0.1) is 0 Å². The number of anilines is 1. The molecule has 0 spiro atoms. The Morgan fingerprint density at radius 3 is 2.59 bits per heavy atom. The number of hydrogen-bond donors (Lipinski definition) is 1. The summed E-state index contributed by atoms with van der Waals surface area (Å²) < 4.78 is 6.55. The van der Waals surface area contributed by atoms with Crippen molar-refractivity contribution in [1.29, 1.82) is 0 Å². The molecule has 0 saturated heterocycles. The number of aryl methyl sites for hydroxylation is 1. The van der Waals surface area contributed by atoms with Crippen molar-refractivity contribution in [3.63, 3.8) is 0 Å². The van der Waals surface area contributed by atoms with Crippen molar-refractivity contribution in [1.82, 2.24) is 14.9 Å². The molecule has 0 bridgehead atoms. The average Bonchev–Trinajstić information content (AvgIpc) is 2.66. The van der Waals surface area contributed by atoms with Crippen LogP contribution in [0.1, 0.15) is 58.9 Å². The quantitative estimate of drug-likeness (QED) is 0.645. The van der Waals surface area contributed by atoms with Gasteiger partial charge in [0.1, 0.15) is 5.60 Å². The van der Waals surface area contributed by atoms with Gasteiger partial charge in [-0.25, -0.2) is 14.8 Å². The van der Waals surface area contributed by atoms with Crippen LogP contribution in [-0.2, 0) is 11.2 Å². The van der Waals surface area contributed by atoms with Crippen LogP contribution in [0.15, 0.2) is 22.8 Å². The first-order chi connectivity index (χ1) is 13.7. The molecule has 1 aliphatic carbocycles. The molecule has 7 heteroatoms. The summed E-state index contributed by atoms with van der Waals surface area (Å²) in [5.74, 6) is 0.679. The van der Waals surface area contributed by atoms with E-state index in [0.717, 1.165) is 47.5 Å². The van der Waals surface area contributed by atoms with Crippen LogP contribution < -0.4 is 5.32 Å². The minimum atomic E-state index is -0.468. The van der Waals surface area contributed by atoms with Crippen LogP contribution in [0.25, 0.3) is 10.9 Å². The summed E-state index contributed by atoms with van der Waals surface area (Å²) >= 11 is 3.56. The molecule has 2 aromatic rings. The van der Waals surface area contributed by atoms with Gasteiger partial charge in [-0.1, -0.05) is 22.9 Å². The molecule has 0 atom stereocenters. The van der Waals surface area contributed by atoms with Crippen molar-refractivity contribution < 1.29 is 9.53 Å². The van der Waals surface area contributed by atoms with Gasteiger partial charge in [0, 0.05) is 35.2 Å². The van der Waals surface area contributed by atoms with Crippen molar-refractivity contribution in [2.24, 2.45) is 0 Å². The molecule has 1 amide bonds. The van der Waals surface area contributed by atoms with E-state index < -0.39 is 5.60 Å². The third-order valence-electron chi connectivity index (χ3n) is 5.37. The van der Waals surface area contributed by atoms with Crippen LogP contribution in [0.2, 0.25) is 0 Å². The van der Waals surface area contributed by atoms with Crippen molar-refractivity contribution in [3.05, 3.63) is 28.4 Å². The zero-order chi connectivity index (χ0) is 21.2. The molecule has 0 unspecified atom stereocenters. The number of ether oxygens (including phenoxy) is 1. The van der Waals surface area contributed by atoms with Crippen LogP contribution in [-0.4, -0.2) is 45.7 Å². The normalized spacial score (nSPS) is 19.8. The number of nitrogens with one attached hydrogen (secondary N) is 1. The first kappa shape index (κ1) is 21.8. The number of carbonyl (C=O) groups excluding carboxylic acids is 1. The Morgan fingerprint density at radius 1 is 1.28 bits per heavy atom. The lowest BCUT2D eigenvalue weighted by Crippen LogP contribution is -2.43. The Balaban J connectivity index is 1.61. The van der Waals surface area contributed by atoms with Gasteiger partial charge in [-0.3, -0.25) is 0 Å². The second-order valence-electron chi connectivity index (χ2n) is 8.79. The van der Waals surface area contributed by atoms with Gasteiger partial charge < -0.3 is 15.0 Å². The van der Waals surface area contributed by atoms with E-state index in [4.69, 9.17) is 9.72 Å². The monoisotopic (exact) mass is 462 g/mol.